The zero-order chi connectivity index (χ0) is 22.9. The first kappa shape index (κ1) is 23.0. The summed E-state index contributed by atoms with van der Waals surface area (Å²) in [6.45, 7) is 0.00782. The molecule has 0 fully saturated rings. The summed E-state index contributed by atoms with van der Waals surface area (Å²) < 4.78 is 1.55. The third-order valence-electron chi connectivity index (χ3n) is 4.37. The molecule has 0 atom stereocenters. The standard InChI is InChI=1S/C21H21N5O5S/c27-13-18-11-23-21(25(18)12-19(28)22-10-15-5-2-1-3-6-15)32-14-20(29)24-16-7-4-8-17(9-16)26(30)31/h1-9,11,27H,10,12-14H2,(H,22,28)(H,24,29). The van der Waals surface area contributed by atoms with Gasteiger partial charge in [0.25, 0.3) is 5.69 Å². The molecular formula is C21H21N5O5S. The van der Waals surface area contributed by atoms with Crippen molar-refractivity contribution in [3.05, 3.63) is 82.2 Å². The molecule has 1 heterocycles. The quantitative estimate of drug-likeness (QED) is 0.242. The molecule has 2 amide bonds. The Kier molecular flexibility index (Phi) is 7.95. The van der Waals surface area contributed by atoms with Crippen LogP contribution in [0.15, 0.2) is 66.0 Å². The first-order valence-electron chi connectivity index (χ1n) is 9.59. The number of non-ortho nitro benzene ring substituents is 1. The van der Waals surface area contributed by atoms with E-state index in [2.05, 4.69) is 15.6 Å². The third-order valence-corrected chi connectivity index (χ3v) is 5.36. The Balaban J connectivity index is 1.58. The van der Waals surface area contributed by atoms with Gasteiger partial charge in [-0.2, -0.15) is 0 Å². The fraction of sp³-hybridized carbons (Fsp3) is 0.190. The van der Waals surface area contributed by atoms with Crippen molar-refractivity contribution in [2.45, 2.75) is 24.9 Å². The molecular weight excluding hydrogens is 434 g/mol. The largest absolute Gasteiger partial charge is 0.390 e. The van der Waals surface area contributed by atoms with Crippen molar-refractivity contribution in [3.63, 3.8) is 0 Å². The summed E-state index contributed by atoms with van der Waals surface area (Å²) in [5.74, 6) is -0.676. The van der Waals surface area contributed by atoms with Crippen molar-refractivity contribution in [2.75, 3.05) is 11.1 Å². The average Bonchev–Trinajstić information content (AvgIpc) is 3.18. The Morgan fingerprint density at radius 2 is 1.91 bits per heavy atom. The number of hydrogen-bond donors (Lipinski definition) is 3. The SMILES string of the molecule is O=C(Cn1c(CO)cnc1SCC(=O)Nc1cccc([N+](=O)[O-])c1)NCc1ccccc1. The van der Waals surface area contributed by atoms with Crippen molar-refractivity contribution in [1.82, 2.24) is 14.9 Å². The van der Waals surface area contributed by atoms with Gasteiger partial charge in [-0.1, -0.05) is 48.2 Å². The molecule has 0 saturated carbocycles. The number of imidazole rings is 1. The van der Waals surface area contributed by atoms with E-state index in [-0.39, 0.29) is 36.4 Å². The van der Waals surface area contributed by atoms with E-state index in [0.717, 1.165) is 17.3 Å². The maximum Gasteiger partial charge on any atom is 0.271 e. The number of carbonyl (C=O) groups excluding carboxylic acids is 2. The molecule has 0 saturated heterocycles. The number of aliphatic hydroxyl groups is 1. The van der Waals surface area contributed by atoms with E-state index in [1.807, 2.05) is 30.3 Å². The smallest absolute Gasteiger partial charge is 0.271 e. The number of amides is 2. The van der Waals surface area contributed by atoms with Crippen LogP contribution in [0.2, 0.25) is 0 Å². The topological polar surface area (TPSA) is 139 Å². The van der Waals surface area contributed by atoms with E-state index in [1.54, 1.807) is 10.6 Å². The zero-order valence-electron chi connectivity index (χ0n) is 16.9. The molecule has 0 aliphatic carbocycles. The van der Waals surface area contributed by atoms with Crippen molar-refractivity contribution < 1.29 is 19.6 Å². The number of carbonyl (C=O) groups is 2. The van der Waals surface area contributed by atoms with E-state index >= 15 is 0 Å². The van der Waals surface area contributed by atoms with Crippen LogP contribution in [-0.4, -0.2) is 37.1 Å². The number of aromatic nitrogens is 2. The van der Waals surface area contributed by atoms with Crippen molar-refractivity contribution in [2.24, 2.45) is 0 Å². The first-order valence-corrected chi connectivity index (χ1v) is 10.6. The van der Waals surface area contributed by atoms with Crippen LogP contribution in [0.5, 0.6) is 0 Å². The highest BCUT2D eigenvalue weighted by Crippen LogP contribution is 2.21. The lowest BCUT2D eigenvalue weighted by atomic mass is 10.2. The van der Waals surface area contributed by atoms with Crippen LogP contribution in [-0.2, 0) is 29.3 Å². The molecule has 0 aliphatic heterocycles. The molecule has 3 N–H and O–H groups in total. The summed E-state index contributed by atoms with van der Waals surface area (Å²) in [5, 5.41) is 26.2. The van der Waals surface area contributed by atoms with Gasteiger partial charge in [-0.15, -0.1) is 0 Å². The molecule has 3 rings (SSSR count). The lowest BCUT2D eigenvalue weighted by Crippen LogP contribution is -2.28. The lowest BCUT2D eigenvalue weighted by Gasteiger charge is -2.11. The number of rotatable bonds is 10. The molecule has 32 heavy (non-hydrogen) atoms. The van der Waals surface area contributed by atoms with E-state index in [9.17, 15) is 24.8 Å². The Bertz CT molecular complexity index is 1100. The highest BCUT2D eigenvalue weighted by molar-refractivity contribution is 7.99. The van der Waals surface area contributed by atoms with Crippen LogP contribution in [0, 0.1) is 10.1 Å². The second-order valence-corrected chi connectivity index (χ2v) is 7.63. The number of anilines is 1. The normalized spacial score (nSPS) is 10.5. The number of benzene rings is 2. The number of nitrogens with one attached hydrogen (secondary N) is 2. The predicted molar refractivity (Wildman–Crippen MR) is 119 cm³/mol. The van der Waals surface area contributed by atoms with Crippen molar-refractivity contribution >= 4 is 35.0 Å². The van der Waals surface area contributed by atoms with Gasteiger partial charge in [0.2, 0.25) is 11.8 Å². The molecule has 166 valence electrons. The third kappa shape index (κ3) is 6.40. The Labute approximate surface area is 187 Å². The fourth-order valence-corrected chi connectivity index (χ4v) is 3.62. The van der Waals surface area contributed by atoms with Gasteiger partial charge < -0.3 is 20.3 Å². The molecule has 0 aliphatic rings. The van der Waals surface area contributed by atoms with Crippen LogP contribution in [0.25, 0.3) is 0 Å². The first-order chi connectivity index (χ1) is 15.5. The minimum absolute atomic E-state index is 0.0315. The van der Waals surface area contributed by atoms with E-state index in [0.29, 0.717) is 23.1 Å². The number of nitro groups is 1. The second kappa shape index (κ2) is 11.1. The molecule has 0 radical (unpaired) electrons. The highest BCUT2D eigenvalue weighted by Gasteiger charge is 2.15. The summed E-state index contributed by atoms with van der Waals surface area (Å²) in [6.07, 6.45) is 1.45. The van der Waals surface area contributed by atoms with Gasteiger partial charge in [-0.25, -0.2) is 4.98 Å². The van der Waals surface area contributed by atoms with Crippen LogP contribution >= 0.6 is 11.8 Å². The Hall–Kier alpha value is -3.70. The summed E-state index contributed by atoms with van der Waals surface area (Å²) in [6, 6.07) is 15.1. The number of thioether (sulfide) groups is 1. The van der Waals surface area contributed by atoms with Crippen LogP contribution in [0.1, 0.15) is 11.3 Å². The minimum Gasteiger partial charge on any atom is -0.390 e. The van der Waals surface area contributed by atoms with E-state index in [1.165, 1.54) is 24.4 Å². The number of hydrogen-bond acceptors (Lipinski definition) is 7. The molecule has 10 nitrogen and oxygen atoms in total. The summed E-state index contributed by atoms with van der Waals surface area (Å²) >= 11 is 1.09. The Morgan fingerprint density at radius 3 is 2.62 bits per heavy atom. The molecule has 0 bridgehead atoms. The second-order valence-electron chi connectivity index (χ2n) is 6.68. The number of nitro benzene ring substituents is 1. The zero-order valence-corrected chi connectivity index (χ0v) is 17.7. The van der Waals surface area contributed by atoms with Gasteiger partial charge >= 0.3 is 0 Å². The summed E-state index contributed by atoms with van der Waals surface area (Å²) in [5.41, 5.74) is 1.59. The average molecular weight is 455 g/mol. The number of nitrogens with zero attached hydrogens (tertiary/aromatic N) is 3. The van der Waals surface area contributed by atoms with Crippen molar-refractivity contribution in [3.8, 4) is 0 Å². The van der Waals surface area contributed by atoms with Gasteiger partial charge in [0.1, 0.15) is 6.54 Å². The van der Waals surface area contributed by atoms with Crippen LogP contribution in [0.4, 0.5) is 11.4 Å². The van der Waals surface area contributed by atoms with Crippen LogP contribution in [0.3, 0.4) is 0 Å². The maximum absolute atomic E-state index is 12.4. The number of aliphatic hydroxyl groups excluding tert-OH is 1. The lowest BCUT2D eigenvalue weighted by molar-refractivity contribution is -0.384. The van der Waals surface area contributed by atoms with Gasteiger partial charge in [-0.05, 0) is 11.6 Å². The highest BCUT2D eigenvalue weighted by atomic mass is 32.2. The van der Waals surface area contributed by atoms with E-state index in [4.69, 9.17) is 0 Å². The molecule has 0 unspecified atom stereocenters. The molecule has 3 aromatic rings. The van der Waals surface area contributed by atoms with Gasteiger partial charge in [0.05, 0.1) is 29.2 Å². The predicted octanol–water partition coefficient (Wildman–Crippen LogP) is 2.33. The van der Waals surface area contributed by atoms with Gasteiger partial charge in [0.15, 0.2) is 5.16 Å². The maximum atomic E-state index is 12.4. The molecule has 1 aromatic heterocycles. The summed E-state index contributed by atoms with van der Waals surface area (Å²) in [4.78, 5) is 39.2. The van der Waals surface area contributed by atoms with Gasteiger partial charge in [0, 0.05) is 24.4 Å². The van der Waals surface area contributed by atoms with Crippen molar-refractivity contribution in [1.29, 1.82) is 0 Å². The minimum atomic E-state index is -0.541. The van der Waals surface area contributed by atoms with E-state index < -0.39 is 4.92 Å². The van der Waals surface area contributed by atoms with Gasteiger partial charge in [-0.3, -0.25) is 19.7 Å². The summed E-state index contributed by atoms with van der Waals surface area (Å²) in [7, 11) is 0. The monoisotopic (exact) mass is 455 g/mol. The molecule has 0 spiro atoms. The fourth-order valence-electron chi connectivity index (χ4n) is 2.82. The van der Waals surface area contributed by atoms with Crippen LogP contribution < -0.4 is 10.6 Å². The molecule has 11 heteroatoms. The Morgan fingerprint density at radius 1 is 1.12 bits per heavy atom. The molecule has 2 aromatic carbocycles.